The third-order valence-electron chi connectivity index (χ3n) is 3.15. The first-order valence-corrected chi connectivity index (χ1v) is 7.68. The number of ether oxygens (including phenoxy) is 1. The Balaban J connectivity index is 2.01. The lowest BCUT2D eigenvalue weighted by molar-refractivity contribution is 0.0940. The van der Waals surface area contributed by atoms with Gasteiger partial charge in [0, 0.05) is 10.0 Å². The molecule has 0 spiro atoms. The van der Waals surface area contributed by atoms with Crippen LogP contribution in [0.25, 0.3) is 0 Å². The average Bonchev–Trinajstić information content (AvgIpc) is 2.49. The highest BCUT2D eigenvalue weighted by Gasteiger charge is 2.11. The molecule has 0 aliphatic heterocycles. The Kier molecular flexibility index (Phi) is 5.39. The normalized spacial score (nSPS) is 11.8. The molecule has 2 aromatic rings. The summed E-state index contributed by atoms with van der Waals surface area (Å²) in [6, 6.07) is 15.0. The molecule has 0 saturated carbocycles. The second kappa shape index (κ2) is 7.27. The van der Waals surface area contributed by atoms with Crippen LogP contribution in [0.15, 0.2) is 53.0 Å². The van der Waals surface area contributed by atoms with Crippen LogP contribution in [-0.4, -0.2) is 12.5 Å². The summed E-state index contributed by atoms with van der Waals surface area (Å²) in [5.74, 6) is 0.761. The van der Waals surface area contributed by atoms with E-state index in [4.69, 9.17) is 4.74 Å². The van der Waals surface area contributed by atoms with Gasteiger partial charge in [-0.05, 0) is 55.8 Å². The molecule has 1 atom stereocenters. The van der Waals surface area contributed by atoms with E-state index in [2.05, 4.69) is 21.2 Å². The van der Waals surface area contributed by atoms with E-state index in [-0.39, 0.29) is 11.9 Å². The summed E-state index contributed by atoms with van der Waals surface area (Å²) in [5, 5.41) is 2.99. The molecule has 0 aliphatic rings. The molecule has 2 rings (SSSR count). The summed E-state index contributed by atoms with van der Waals surface area (Å²) in [6.07, 6.45) is 0. The SMILES string of the molecule is CCOc1ccc(C(C)NC(=O)c2ccc(Br)cc2)cc1. The number of hydrogen-bond acceptors (Lipinski definition) is 2. The Morgan fingerprint density at radius 1 is 1.14 bits per heavy atom. The molecule has 0 fully saturated rings. The summed E-state index contributed by atoms with van der Waals surface area (Å²) in [7, 11) is 0. The quantitative estimate of drug-likeness (QED) is 0.873. The standard InChI is InChI=1S/C17H18BrNO2/c1-3-21-16-10-6-13(7-11-16)12(2)19-17(20)14-4-8-15(18)9-5-14/h4-12H,3H2,1-2H3,(H,19,20). The van der Waals surface area contributed by atoms with Crippen LogP contribution in [0.1, 0.15) is 35.8 Å². The van der Waals surface area contributed by atoms with Crippen molar-refractivity contribution in [3.05, 3.63) is 64.1 Å². The maximum Gasteiger partial charge on any atom is 0.251 e. The summed E-state index contributed by atoms with van der Waals surface area (Å²) in [4.78, 5) is 12.2. The van der Waals surface area contributed by atoms with Crippen molar-refractivity contribution >= 4 is 21.8 Å². The van der Waals surface area contributed by atoms with Crippen LogP contribution < -0.4 is 10.1 Å². The van der Waals surface area contributed by atoms with Gasteiger partial charge in [-0.25, -0.2) is 0 Å². The third-order valence-corrected chi connectivity index (χ3v) is 3.67. The van der Waals surface area contributed by atoms with Crippen molar-refractivity contribution in [1.82, 2.24) is 5.32 Å². The van der Waals surface area contributed by atoms with Crippen LogP contribution >= 0.6 is 15.9 Å². The highest BCUT2D eigenvalue weighted by Crippen LogP contribution is 2.18. The van der Waals surface area contributed by atoms with E-state index < -0.39 is 0 Å². The van der Waals surface area contributed by atoms with Crippen molar-refractivity contribution in [1.29, 1.82) is 0 Å². The minimum absolute atomic E-state index is 0.0585. The molecule has 0 aromatic heterocycles. The van der Waals surface area contributed by atoms with E-state index in [1.165, 1.54) is 0 Å². The molecule has 0 radical (unpaired) electrons. The number of amides is 1. The molecular formula is C17H18BrNO2. The molecule has 110 valence electrons. The van der Waals surface area contributed by atoms with Gasteiger partial charge in [-0.1, -0.05) is 28.1 Å². The van der Waals surface area contributed by atoms with E-state index in [9.17, 15) is 4.79 Å². The molecule has 1 N–H and O–H groups in total. The van der Waals surface area contributed by atoms with Crippen molar-refractivity contribution in [2.45, 2.75) is 19.9 Å². The van der Waals surface area contributed by atoms with Crippen LogP contribution in [0, 0.1) is 0 Å². The zero-order valence-corrected chi connectivity index (χ0v) is 13.7. The Labute approximate surface area is 133 Å². The molecule has 0 aliphatic carbocycles. The zero-order valence-electron chi connectivity index (χ0n) is 12.1. The molecule has 2 aromatic carbocycles. The molecule has 21 heavy (non-hydrogen) atoms. The minimum atomic E-state index is -0.0797. The molecule has 0 bridgehead atoms. The second-order valence-corrected chi connectivity index (χ2v) is 5.62. The lowest BCUT2D eigenvalue weighted by atomic mass is 10.1. The van der Waals surface area contributed by atoms with Crippen LogP contribution in [0.5, 0.6) is 5.75 Å². The summed E-state index contributed by atoms with van der Waals surface area (Å²) in [5.41, 5.74) is 1.69. The Hall–Kier alpha value is -1.81. The fraction of sp³-hybridized carbons (Fsp3) is 0.235. The van der Waals surface area contributed by atoms with Gasteiger partial charge in [0.05, 0.1) is 12.6 Å². The topological polar surface area (TPSA) is 38.3 Å². The minimum Gasteiger partial charge on any atom is -0.494 e. The van der Waals surface area contributed by atoms with Gasteiger partial charge < -0.3 is 10.1 Å². The van der Waals surface area contributed by atoms with Crippen molar-refractivity contribution in [3.8, 4) is 5.75 Å². The van der Waals surface area contributed by atoms with Crippen LogP contribution in [0.4, 0.5) is 0 Å². The van der Waals surface area contributed by atoms with Crippen molar-refractivity contribution in [3.63, 3.8) is 0 Å². The summed E-state index contributed by atoms with van der Waals surface area (Å²) in [6.45, 7) is 4.57. The first kappa shape index (κ1) is 15.6. The number of hydrogen-bond donors (Lipinski definition) is 1. The van der Waals surface area contributed by atoms with Crippen molar-refractivity contribution in [2.24, 2.45) is 0 Å². The highest BCUT2D eigenvalue weighted by atomic mass is 79.9. The fourth-order valence-electron chi connectivity index (χ4n) is 1.98. The summed E-state index contributed by atoms with van der Waals surface area (Å²) < 4.78 is 6.37. The second-order valence-electron chi connectivity index (χ2n) is 4.70. The smallest absolute Gasteiger partial charge is 0.251 e. The Morgan fingerprint density at radius 3 is 2.33 bits per heavy atom. The van der Waals surface area contributed by atoms with Crippen molar-refractivity contribution in [2.75, 3.05) is 6.61 Å². The molecule has 1 amide bonds. The first-order chi connectivity index (χ1) is 10.1. The van der Waals surface area contributed by atoms with Gasteiger partial charge in [0.1, 0.15) is 5.75 Å². The molecule has 4 heteroatoms. The molecule has 1 unspecified atom stereocenters. The van der Waals surface area contributed by atoms with E-state index in [0.717, 1.165) is 15.8 Å². The van der Waals surface area contributed by atoms with E-state index >= 15 is 0 Å². The Morgan fingerprint density at radius 2 is 1.76 bits per heavy atom. The number of benzene rings is 2. The van der Waals surface area contributed by atoms with E-state index in [0.29, 0.717) is 12.2 Å². The van der Waals surface area contributed by atoms with E-state index in [1.54, 1.807) is 12.1 Å². The predicted molar refractivity (Wildman–Crippen MR) is 87.6 cm³/mol. The van der Waals surface area contributed by atoms with Gasteiger partial charge >= 0.3 is 0 Å². The average molecular weight is 348 g/mol. The molecule has 3 nitrogen and oxygen atoms in total. The van der Waals surface area contributed by atoms with Gasteiger partial charge in [0.2, 0.25) is 0 Å². The van der Waals surface area contributed by atoms with Crippen LogP contribution in [-0.2, 0) is 0 Å². The largest absolute Gasteiger partial charge is 0.494 e. The lowest BCUT2D eigenvalue weighted by Crippen LogP contribution is -2.26. The van der Waals surface area contributed by atoms with Crippen molar-refractivity contribution < 1.29 is 9.53 Å². The molecule has 0 heterocycles. The van der Waals surface area contributed by atoms with Gasteiger partial charge in [-0.15, -0.1) is 0 Å². The monoisotopic (exact) mass is 347 g/mol. The van der Waals surface area contributed by atoms with Gasteiger partial charge in [0.15, 0.2) is 0 Å². The molecular weight excluding hydrogens is 330 g/mol. The Bertz CT molecular complexity index is 593. The van der Waals surface area contributed by atoms with E-state index in [1.807, 2.05) is 50.2 Å². The number of rotatable bonds is 5. The van der Waals surface area contributed by atoms with Gasteiger partial charge in [-0.2, -0.15) is 0 Å². The maximum absolute atomic E-state index is 12.2. The lowest BCUT2D eigenvalue weighted by Gasteiger charge is -2.15. The number of carbonyl (C=O) groups is 1. The van der Waals surface area contributed by atoms with Gasteiger partial charge in [0.25, 0.3) is 5.91 Å². The fourth-order valence-corrected chi connectivity index (χ4v) is 2.25. The maximum atomic E-state index is 12.2. The number of nitrogens with one attached hydrogen (secondary N) is 1. The van der Waals surface area contributed by atoms with Crippen LogP contribution in [0.2, 0.25) is 0 Å². The van der Waals surface area contributed by atoms with Gasteiger partial charge in [-0.3, -0.25) is 4.79 Å². The molecule has 0 saturated heterocycles. The first-order valence-electron chi connectivity index (χ1n) is 6.89. The summed E-state index contributed by atoms with van der Waals surface area (Å²) >= 11 is 3.36. The number of carbonyl (C=O) groups excluding carboxylic acids is 1. The zero-order chi connectivity index (χ0) is 15.2. The predicted octanol–water partition coefficient (Wildman–Crippen LogP) is 4.34. The third kappa shape index (κ3) is 4.33. The highest BCUT2D eigenvalue weighted by molar-refractivity contribution is 9.10. The van der Waals surface area contributed by atoms with Crippen LogP contribution in [0.3, 0.4) is 0 Å². The number of halogens is 1.